The number of rotatable bonds is 4. The summed E-state index contributed by atoms with van der Waals surface area (Å²) in [5.74, 6) is 0.973. The van der Waals surface area contributed by atoms with Gasteiger partial charge in [0.25, 0.3) is 0 Å². The lowest BCUT2D eigenvalue weighted by molar-refractivity contribution is 0.734. The van der Waals surface area contributed by atoms with Gasteiger partial charge in [-0.25, -0.2) is 4.99 Å². The monoisotopic (exact) mass is 343 g/mol. The first-order chi connectivity index (χ1) is 12.7. The molecular weight excluding hydrogens is 318 g/mol. The van der Waals surface area contributed by atoms with Crippen molar-refractivity contribution in [2.45, 2.75) is 39.0 Å². The topological polar surface area (TPSA) is 50.4 Å². The molecule has 0 spiro atoms. The maximum absolute atomic E-state index is 6.22. The Bertz CT molecular complexity index is 988. The van der Waals surface area contributed by atoms with Crippen LogP contribution in [0.1, 0.15) is 42.9 Å². The smallest absolute Gasteiger partial charge is 0.198 e. The van der Waals surface area contributed by atoms with Crippen LogP contribution in [0.25, 0.3) is 10.8 Å². The Balaban J connectivity index is 1.63. The number of aliphatic imine (C=N–C) groups is 1. The number of anilines is 1. The molecule has 1 aliphatic carbocycles. The Hall–Kier alpha value is -2.81. The lowest BCUT2D eigenvalue weighted by atomic mass is 9.98. The van der Waals surface area contributed by atoms with E-state index in [4.69, 9.17) is 5.73 Å². The van der Waals surface area contributed by atoms with Crippen LogP contribution in [0.5, 0.6) is 0 Å². The van der Waals surface area contributed by atoms with Gasteiger partial charge in [0.1, 0.15) is 0 Å². The predicted octanol–water partition coefficient (Wildman–Crippen LogP) is 5.51. The number of aryl methyl sites for hydroxylation is 2. The van der Waals surface area contributed by atoms with Crippen LogP contribution < -0.4 is 11.1 Å². The van der Waals surface area contributed by atoms with Gasteiger partial charge in [-0.05, 0) is 70.8 Å². The molecule has 0 radical (unpaired) electrons. The molecule has 4 rings (SSSR count). The average molecular weight is 343 g/mol. The quantitative estimate of drug-likeness (QED) is 0.485. The molecule has 3 aromatic carbocycles. The van der Waals surface area contributed by atoms with Gasteiger partial charge in [0.2, 0.25) is 0 Å². The maximum atomic E-state index is 6.22. The number of nitrogens with zero attached hydrogens (tertiary/aromatic N) is 1. The Morgan fingerprint density at radius 1 is 1.12 bits per heavy atom. The average Bonchev–Trinajstić information content (AvgIpc) is 3.09. The number of nitrogens with two attached hydrogens (primary N) is 1. The fraction of sp³-hybridized carbons (Fsp3) is 0.261. The first-order valence-corrected chi connectivity index (χ1v) is 9.40. The second-order valence-electron chi connectivity index (χ2n) is 7.14. The summed E-state index contributed by atoms with van der Waals surface area (Å²) in [7, 11) is 0. The molecule has 3 N–H and O–H groups in total. The molecule has 3 aromatic rings. The van der Waals surface area contributed by atoms with Gasteiger partial charge in [-0.15, -0.1) is 0 Å². The molecule has 0 heterocycles. The molecule has 1 atom stereocenters. The van der Waals surface area contributed by atoms with Crippen LogP contribution in [0.2, 0.25) is 0 Å². The first kappa shape index (κ1) is 16.6. The summed E-state index contributed by atoms with van der Waals surface area (Å²) in [4.78, 5) is 4.69. The maximum Gasteiger partial charge on any atom is 0.198 e. The molecule has 0 amide bonds. The normalized spacial score (nSPS) is 14.6. The summed E-state index contributed by atoms with van der Waals surface area (Å²) < 4.78 is 0. The van der Waals surface area contributed by atoms with E-state index in [1.807, 2.05) is 6.07 Å². The third kappa shape index (κ3) is 3.05. The number of guanidine groups is 1. The van der Waals surface area contributed by atoms with Crippen molar-refractivity contribution in [3.8, 4) is 0 Å². The second-order valence-corrected chi connectivity index (χ2v) is 7.14. The van der Waals surface area contributed by atoms with Crippen LogP contribution in [0.15, 0.2) is 59.6 Å². The van der Waals surface area contributed by atoms with Crippen LogP contribution in [0.3, 0.4) is 0 Å². The van der Waals surface area contributed by atoms with Crippen molar-refractivity contribution in [1.82, 2.24) is 0 Å². The highest BCUT2D eigenvalue weighted by Gasteiger charge is 2.17. The lowest BCUT2D eigenvalue weighted by Gasteiger charge is -2.12. The van der Waals surface area contributed by atoms with Gasteiger partial charge in [-0.3, -0.25) is 0 Å². The minimum absolute atomic E-state index is 0.436. The fourth-order valence-corrected chi connectivity index (χ4v) is 3.81. The summed E-state index contributed by atoms with van der Waals surface area (Å²) in [6, 6.07) is 19.2. The van der Waals surface area contributed by atoms with Gasteiger partial charge in [0, 0.05) is 5.69 Å². The third-order valence-electron chi connectivity index (χ3n) is 5.44. The zero-order valence-corrected chi connectivity index (χ0v) is 15.4. The standard InChI is InChI=1S/C23H25N3/c1-3-15(2)18-8-5-9-19(14-18)25-23(24)26-21-13-11-17-7-4-6-16-10-12-20(21)22(16)17/h4-9,11,13-15H,3,10,12H2,1-2H3,(H3,24,25,26). The Kier molecular flexibility index (Phi) is 4.37. The van der Waals surface area contributed by atoms with E-state index >= 15 is 0 Å². The molecule has 0 saturated heterocycles. The summed E-state index contributed by atoms with van der Waals surface area (Å²) in [6.45, 7) is 4.45. The van der Waals surface area contributed by atoms with E-state index in [1.165, 1.54) is 27.5 Å². The largest absolute Gasteiger partial charge is 0.369 e. The Morgan fingerprint density at radius 2 is 1.96 bits per heavy atom. The van der Waals surface area contributed by atoms with E-state index in [0.29, 0.717) is 11.9 Å². The van der Waals surface area contributed by atoms with Gasteiger partial charge < -0.3 is 11.1 Å². The highest BCUT2D eigenvalue weighted by atomic mass is 15.1. The predicted molar refractivity (Wildman–Crippen MR) is 111 cm³/mol. The van der Waals surface area contributed by atoms with Crippen LogP contribution >= 0.6 is 0 Å². The number of nitrogens with one attached hydrogen (secondary N) is 1. The SMILES string of the molecule is CCC(C)c1cccc(NC(N)=Nc2ccc3cccc4c3c2CC4)c1. The Morgan fingerprint density at radius 3 is 2.81 bits per heavy atom. The van der Waals surface area contributed by atoms with Gasteiger partial charge in [0.15, 0.2) is 5.96 Å². The van der Waals surface area contributed by atoms with Crippen molar-refractivity contribution in [3.05, 3.63) is 71.3 Å². The number of benzene rings is 3. The highest BCUT2D eigenvalue weighted by Crippen LogP contribution is 2.36. The van der Waals surface area contributed by atoms with E-state index in [9.17, 15) is 0 Å². The molecule has 0 aliphatic heterocycles. The zero-order valence-electron chi connectivity index (χ0n) is 15.4. The lowest BCUT2D eigenvalue weighted by Crippen LogP contribution is -2.22. The van der Waals surface area contributed by atoms with Crippen LogP contribution in [-0.4, -0.2) is 5.96 Å². The van der Waals surface area contributed by atoms with E-state index in [0.717, 1.165) is 30.6 Å². The van der Waals surface area contributed by atoms with E-state index in [-0.39, 0.29) is 0 Å². The van der Waals surface area contributed by atoms with Crippen molar-refractivity contribution >= 4 is 28.1 Å². The van der Waals surface area contributed by atoms with Crippen molar-refractivity contribution in [2.24, 2.45) is 10.7 Å². The molecule has 132 valence electrons. The van der Waals surface area contributed by atoms with Crippen molar-refractivity contribution in [1.29, 1.82) is 0 Å². The van der Waals surface area contributed by atoms with Gasteiger partial charge >= 0.3 is 0 Å². The molecule has 26 heavy (non-hydrogen) atoms. The third-order valence-corrected chi connectivity index (χ3v) is 5.44. The summed E-state index contributed by atoms with van der Waals surface area (Å²) in [5, 5.41) is 5.91. The molecule has 1 aliphatic rings. The molecule has 3 heteroatoms. The molecule has 0 aromatic heterocycles. The molecule has 3 nitrogen and oxygen atoms in total. The molecule has 0 fully saturated rings. The highest BCUT2D eigenvalue weighted by molar-refractivity contribution is 5.98. The van der Waals surface area contributed by atoms with Gasteiger partial charge in [0.05, 0.1) is 5.69 Å². The fourth-order valence-electron chi connectivity index (χ4n) is 3.81. The molecule has 0 saturated carbocycles. The van der Waals surface area contributed by atoms with E-state index in [1.54, 1.807) is 0 Å². The van der Waals surface area contributed by atoms with E-state index in [2.05, 4.69) is 72.7 Å². The Labute approximate surface area is 155 Å². The minimum Gasteiger partial charge on any atom is -0.369 e. The number of hydrogen-bond acceptors (Lipinski definition) is 1. The van der Waals surface area contributed by atoms with Crippen molar-refractivity contribution in [2.75, 3.05) is 5.32 Å². The summed E-state index contributed by atoms with van der Waals surface area (Å²) in [5.41, 5.74) is 12.2. The molecular formula is C23H25N3. The van der Waals surface area contributed by atoms with Crippen LogP contribution in [-0.2, 0) is 12.8 Å². The minimum atomic E-state index is 0.436. The van der Waals surface area contributed by atoms with Crippen LogP contribution in [0, 0.1) is 0 Å². The van der Waals surface area contributed by atoms with Gasteiger partial charge in [-0.1, -0.05) is 50.2 Å². The second kappa shape index (κ2) is 6.83. The summed E-state index contributed by atoms with van der Waals surface area (Å²) in [6.07, 6.45) is 3.24. The van der Waals surface area contributed by atoms with Gasteiger partial charge in [-0.2, -0.15) is 0 Å². The van der Waals surface area contributed by atoms with Crippen molar-refractivity contribution < 1.29 is 0 Å². The first-order valence-electron chi connectivity index (χ1n) is 9.40. The van der Waals surface area contributed by atoms with E-state index < -0.39 is 0 Å². The zero-order chi connectivity index (χ0) is 18.1. The summed E-state index contributed by atoms with van der Waals surface area (Å²) >= 11 is 0. The van der Waals surface area contributed by atoms with Crippen LogP contribution in [0.4, 0.5) is 11.4 Å². The van der Waals surface area contributed by atoms with Crippen molar-refractivity contribution in [3.63, 3.8) is 0 Å². The number of hydrogen-bond donors (Lipinski definition) is 2. The molecule has 1 unspecified atom stereocenters. The molecule has 0 bridgehead atoms.